The number of aryl methyl sites for hydroxylation is 1. The Morgan fingerprint density at radius 3 is 2.68 bits per heavy atom. The van der Waals surface area contributed by atoms with Gasteiger partial charge >= 0.3 is 0 Å². The van der Waals surface area contributed by atoms with E-state index in [1.54, 1.807) is 22.6 Å². The smallest absolute Gasteiger partial charge is 0.270 e. The fourth-order valence-corrected chi connectivity index (χ4v) is 3.86. The Balaban J connectivity index is 1.68. The van der Waals surface area contributed by atoms with Gasteiger partial charge in [-0.15, -0.1) is 0 Å². The van der Waals surface area contributed by atoms with Crippen LogP contribution in [0.5, 0.6) is 0 Å². The summed E-state index contributed by atoms with van der Waals surface area (Å²) in [6, 6.07) is 14.3. The summed E-state index contributed by atoms with van der Waals surface area (Å²) in [4.78, 5) is 27.0. The normalized spacial score (nSPS) is 14.1. The minimum Gasteiger partial charge on any atom is -0.350 e. The third-order valence-corrected chi connectivity index (χ3v) is 5.24. The molecule has 2 amide bonds. The van der Waals surface area contributed by atoms with Crippen molar-refractivity contribution in [2.24, 2.45) is 7.05 Å². The number of hydrogen-bond acceptors (Lipinski definition) is 2. The molecule has 0 radical (unpaired) electrons. The number of aromatic nitrogens is 1. The van der Waals surface area contributed by atoms with Crippen LogP contribution in [-0.2, 0) is 18.3 Å². The van der Waals surface area contributed by atoms with Gasteiger partial charge in [0.1, 0.15) is 11.5 Å². The fourth-order valence-electron chi connectivity index (χ4n) is 3.86. The number of anilines is 1. The molecule has 0 bridgehead atoms. The van der Waals surface area contributed by atoms with Crippen LogP contribution in [0.25, 0.3) is 10.9 Å². The first-order valence-electron chi connectivity index (χ1n) is 9.46. The van der Waals surface area contributed by atoms with Crippen molar-refractivity contribution in [3.8, 4) is 0 Å². The van der Waals surface area contributed by atoms with Gasteiger partial charge in [0.2, 0.25) is 5.91 Å². The molecule has 0 unspecified atom stereocenters. The topological polar surface area (TPSA) is 54.3 Å². The monoisotopic (exact) mass is 379 g/mol. The van der Waals surface area contributed by atoms with Crippen LogP contribution < -0.4 is 10.2 Å². The van der Waals surface area contributed by atoms with Gasteiger partial charge in [0, 0.05) is 31.9 Å². The zero-order chi connectivity index (χ0) is 19.7. The van der Waals surface area contributed by atoms with E-state index in [-0.39, 0.29) is 17.6 Å². The molecule has 1 aliphatic heterocycles. The molecule has 1 fully saturated rings. The number of carbonyl (C=O) groups is 2. The highest BCUT2D eigenvalue weighted by Gasteiger charge is 2.31. The average Bonchev–Trinajstić information content (AvgIpc) is 3.23. The molecule has 4 rings (SSSR count). The van der Waals surface area contributed by atoms with Crippen molar-refractivity contribution in [3.63, 3.8) is 0 Å². The lowest BCUT2D eigenvalue weighted by molar-refractivity contribution is -0.117. The Morgan fingerprint density at radius 2 is 1.96 bits per heavy atom. The van der Waals surface area contributed by atoms with Gasteiger partial charge in [0.15, 0.2) is 0 Å². The quantitative estimate of drug-likeness (QED) is 0.739. The number of amides is 2. The minimum atomic E-state index is -0.387. The predicted molar refractivity (Wildman–Crippen MR) is 107 cm³/mol. The van der Waals surface area contributed by atoms with Crippen molar-refractivity contribution in [3.05, 3.63) is 65.6 Å². The van der Waals surface area contributed by atoms with Gasteiger partial charge in [-0.2, -0.15) is 0 Å². The van der Waals surface area contributed by atoms with Crippen LogP contribution in [-0.4, -0.2) is 29.5 Å². The first-order chi connectivity index (χ1) is 13.6. The van der Waals surface area contributed by atoms with E-state index in [2.05, 4.69) is 5.32 Å². The van der Waals surface area contributed by atoms with Crippen LogP contribution in [0.3, 0.4) is 0 Å². The summed E-state index contributed by atoms with van der Waals surface area (Å²) in [5.41, 5.74) is 2.77. The van der Waals surface area contributed by atoms with Crippen LogP contribution >= 0.6 is 0 Å². The van der Waals surface area contributed by atoms with Gasteiger partial charge < -0.3 is 14.8 Å². The van der Waals surface area contributed by atoms with Gasteiger partial charge in [-0.25, -0.2) is 4.39 Å². The summed E-state index contributed by atoms with van der Waals surface area (Å²) >= 11 is 0. The Bertz CT molecular complexity index is 1040. The Morgan fingerprint density at radius 1 is 1.18 bits per heavy atom. The molecule has 1 saturated heterocycles. The molecule has 0 aliphatic carbocycles. The highest BCUT2D eigenvalue weighted by Crippen LogP contribution is 2.36. The van der Waals surface area contributed by atoms with Crippen LogP contribution in [0.4, 0.5) is 10.1 Å². The second-order valence-electron chi connectivity index (χ2n) is 7.06. The van der Waals surface area contributed by atoms with E-state index >= 15 is 0 Å². The van der Waals surface area contributed by atoms with E-state index in [9.17, 15) is 14.0 Å². The van der Waals surface area contributed by atoms with E-state index in [0.29, 0.717) is 42.7 Å². The van der Waals surface area contributed by atoms with Crippen molar-refractivity contribution in [2.45, 2.75) is 19.3 Å². The first kappa shape index (κ1) is 18.2. The number of carbonyl (C=O) groups excluding carboxylic acids is 2. The lowest BCUT2D eigenvalue weighted by Crippen LogP contribution is -2.31. The zero-order valence-electron chi connectivity index (χ0n) is 15.7. The molecule has 6 heteroatoms. The summed E-state index contributed by atoms with van der Waals surface area (Å²) < 4.78 is 15.7. The molecule has 5 nitrogen and oxygen atoms in total. The highest BCUT2D eigenvalue weighted by atomic mass is 19.1. The maximum Gasteiger partial charge on any atom is 0.270 e. The van der Waals surface area contributed by atoms with Gasteiger partial charge in [-0.3, -0.25) is 9.59 Å². The molecule has 1 aromatic heterocycles. The predicted octanol–water partition coefficient (Wildman–Crippen LogP) is 3.42. The summed E-state index contributed by atoms with van der Waals surface area (Å²) in [6.45, 7) is 1.02. The highest BCUT2D eigenvalue weighted by molar-refractivity contribution is 6.14. The number of halogens is 1. The average molecular weight is 379 g/mol. The number of nitrogens with one attached hydrogen (secondary N) is 1. The van der Waals surface area contributed by atoms with Crippen LogP contribution in [0.1, 0.15) is 28.9 Å². The molecular formula is C22H22FN3O2. The lowest BCUT2D eigenvalue weighted by Gasteiger charge is -2.18. The van der Waals surface area contributed by atoms with Gasteiger partial charge in [0.05, 0.1) is 11.2 Å². The molecular weight excluding hydrogens is 357 g/mol. The molecule has 1 N–H and O–H groups in total. The van der Waals surface area contributed by atoms with Crippen molar-refractivity contribution >= 4 is 28.4 Å². The second-order valence-corrected chi connectivity index (χ2v) is 7.06. The minimum absolute atomic E-state index is 0.0323. The number of fused-ring (bicyclic) bond motifs is 1. The summed E-state index contributed by atoms with van der Waals surface area (Å²) in [6.07, 6.45) is 1.89. The van der Waals surface area contributed by atoms with Crippen LogP contribution in [0, 0.1) is 5.82 Å². The van der Waals surface area contributed by atoms with Gasteiger partial charge in [-0.1, -0.05) is 30.3 Å². The molecule has 0 saturated carbocycles. The standard InChI is InChI=1S/C22H22FN3O2/c1-25-18-10-9-16(23)14-17(18)20(26-13-5-8-19(26)27)21(25)22(28)24-12-11-15-6-3-2-4-7-15/h2-4,6-7,9-10,14H,5,8,11-13H2,1H3,(H,24,28). The lowest BCUT2D eigenvalue weighted by atomic mass is 10.1. The van der Waals surface area contributed by atoms with Crippen molar-refractivity contribution < 1.29 is 14.0 Å². The Hall–Kier alpha value is -3.15. The summed E-state index contributed by atoms with van der Waals surface area (Å²) in [5.74, 6) is -0.679. The van der Waals surface area contributed by atoms with E-state index in [0.717, 1.165) is 17.5 Å². The van der Waals surface area contributed by atoms with Crippen molar-refractivity contribution in [2.75, 3.05) is 18.0 Å². The van der Waals surface area contributed by atoms with E-state index in [1.165, 1.54) is 12.1 Å². The number of benzene rings is 2. The SMILES string of the molecule is Cn1c(C(=O)NCCc2ccccc2)c(N2CCCC2=O)c2cc(F)ccc21. The Kier molecular flexibility index (Phi) is 4.86. The molecule has 28 heavy (non-hydrogen) atoms. The molecule has 0 atom stereocenters. The van der Waals surface area contributed by atoms with Crippen molar-refractivity contribution in [1.29, 1.82) is 0 Å². The van der Waals surface area contributed by atoms with Gasteiger partial charge in [-0.05, 0) is 36.6 Å². The Labute approximate surface area is 162 Å². The molecule has 2 aromatic carbocycles. The summed E-state index contributed by atoms with van der Waals surface area (Å²) in [7, 11) is 1.77. The number of rotatable bonds is 5. The molecule has 144 valence electrons. The van der Waals surface area contributed by atoms with E-state index in [4.69, 9.17) is 0 Å². The largest absolute Gasteiger partial charge is 0.350 e. The molecule has 2 heterocycles. The zero-order valence-corrected chi connectivity index (χ0v) is 15.7. The summed E-state index contributed by atoms with van der Waals surface area (Å²) in [5, 5.41) is 3.54. The van der Waals surface area contributed by atoms with E-state index in [1.807, 2.05) is 30.3 Å². The first-order valence-corrected chi connectivity index (χ1v) is 9.46. The molecule has 3 aromatic rings. The number of hydrogen-bond donors (Lipinski definition) is 1. The molecule has 1 aliphatic rings. The van der Waals surface area contributed by atoms with Gasteiger partial charge in [0.25, 0.3) is 5.91 Å². The third kappa shape index (κ3) is 3.26. The number of nitrogens with zero attached hydrogens (tertiary/aromatic N) is 2. The second kappa shape index (κ2) is 7.46. The third-order valence-electron chi connectivity index (χ3n) is 5.24. The van der Waals surface area contributed by atoms with Crippen LogP contribution in [0.2, 0.25) is 0 Å². The van der Waals surface area contributed by atoms with Crippen molar-refractivity contribution in [1.82, 2.24) is 9.88 Å². The molecule has 0 spiro atoms. The fraction of sp³-hybridized carbons (Fsp3) is 0.273. The maximum atomic E-state index is 13.9. The van der Waals surface area contributed by atoms with Crippen LogP contribution in [0.15, 0.2) is 48.5 Å². The van der Waals surface area contributed by atoms with E-state index < -0.39 is 0 Å². The maximum absolute atomic E-state index is 13.9.